The van der Waals surface area contributed by atoms with Crippen LogP contribution in [0.15, 0.2) is 102 Å². The minimum Gasteiger partial charge on any atom is -0.336 e. The van der Waals surface area contributed by atoms with Crippen molar-refractivity contribution < 1.29 is 0 Å². The fraction of sp³-hybridized carbons (Fsp3) is 0.172. The Bertz CT molecular complexity index is 1470. The molecule has 34 heavy (non-hydrogen) atoms. The molecule has 5 rings (SSSR count). The Morgan fingerprint density at radius 3 is 2.09 bits per heavy atom. The highest BCUT2D eigenvalue weighted by Gasteiger charge is 2.35. The van der Waals surface area contributed by atoms with Gasteiger partial charge in [-0.3, -0.25) is 4.79 Å². The van der Waals surface area contributed by atoms with E-state index in [-0.39, 0.29) is 5.56 Å². The van der Waals surface area contributed by atoms with Gasteiger partial charge in [-0.1, -0.05) is 80.6 Å². The minimum atomic E-state index is -0.913. The molecule has 0 saturated heterocycles. The van der Waals surface area contributed by atoms with Gasteiger partial charge < -0.3 is 14.9 Å². The van der Waals surface area contributed by atoms with E-state index in [0.29, 0.717) is 0 Å². The van der Waals surface area contributed by atoms with Crippen LogP contribution < -0.4 is 11.3 Å². The van der Waals surface area contributed by atoms with Gasteiger partial charge in [0, 0.05) is 25.5 Å². The van der Waals surface area contributed by atoms with Crippen LogP contribution in [0, 0.1) is 0 Å². The number of nitrogens with zero attached hydrogens (tertiary/aromatic N) is 3. The van der Waals surface area contributed by atoms with Crippen molar-refractivity contribution in [3.8, 4) is 11.1 Å². The summed E-state index contributed by atoms with van der Waals surface area (Å²) in [6.07, 6.45) is 3.58. The summed E-state index contributed by atoms with van der Waals surface area (Å²) in [6.45, 7) is 4.00. The van der Waals surface area contributed by atoms with Gasteiger partial charge in [-0.2, -0.15) is 0 Å². The van der Waals surface area contributed by atoms with E-state index >= 15 is 0 Å². The lowest BCUT2D eigenvalue weighted by Crippen LogP contribution is -2.41. The van der Waals surface area contributed by atoms with Crippen molar-refractivity contribution >= 4 is 10.9 Å². The van der Waals surface area contributed by atoms with E-state index in [1.807, 2.05) is 104 Å². The number of rotatable bonds is 4. The lowest BCUT2D eigenvalue weighted by atomic mass is 9.80. The van der Waals surface area contributed by atoms with Gasteiger partial charge in [0.25, 0.3) is 5.56 Å². The van der Waals surface area contributed by atoms with E-state index in [1.165, 1.54) is 0 Å². The van der Waals surface area contributed by atoms with E-state index in [4.69, 9.17) is 5.73 Å². The normalized spacial score (nSPS) is 12.6. The van der Waals surface area contributed by atoms with Crippen LogP contribution in [0.1, 0.15) is 30.7 Å². The highest BCUT2D eigenvalue weighted by Crippen LogP contribution is 2.37. The number of fused-ring (bicyclic) bond motifs is 1. The smallest absolute Gasteiger partial charge is 0.251 e. The van der Waals surface area contributed by atoms with Crippen molar-refractivity contribution in [1.82, 2.24) is 14.1 Å². The second kappa shape index (κ2) is 9.49. The van der Waals surface area contributed by atoms with Crippen LogP contribution in [0.25, 0.3) is 22.0 Å². The fourth-order valence-electron chi connectivity index (χ4n) is 4.46. The lowest BCUT2D eigenvalue weighted by molar-refractivity contribution is 0.596. The summed E-state index contributed by atoms with van der Waals surface area (Å²) in [6, 6.07) is 27.8. The van der Waals surface area contributed by atoms with Crippen LogP contribution in [0.3, 0.4) is 0 Å². The molecule has 0 radical (unpaired) electrons. The molecule has 3 aromatic carbocycles. The number of imidazole rings is 1. The predicted molar refractivity (Wildman–Crippen MR) is 140 cm³/mol. The molecule has 0 amide bonds. The number of hydrogen-bond acceptors (Lipinski definition) is 3. The van der Waals surface area contributed by atoms with E-state index in [2.05, 4.69) is 11.1 Å². The summed E-state index contributed by atoms with van der Waals surface area (Å²) in [7, 11) is 3.75. The average molecular weight is 451 g/mol. The van der Waals surface area contributed by atoms with Crippen molar-refractivity contribution in [3.63, 3.8) is 0 Å². The Morgan fingerprint density at radius 1 is 0.824 bits per heavy atom. The maximum absolute atomic E-state index is 12.7. The van der Waals surface area contributed by atoms with Crippen molar-refractivity contribution in [1.29, 1.82) is 0 Å². The monoisotopic (exact) mass is 450 g/mol. The van der Waals surface area contributed by atoms with Crippen LogP contribution in [0.5, 0.6) is 0 Å². The van der Waals surface area contributed by atoms with Gasteiger partial charge in [0.2, 0.25) is 0 Å². The number of hydrogen-bond donors (Lipinski definition) is 1. The van der Waals surface area contributed by atoms with Crippen molar-refractivity contribution in [2.45, 2.75) is 19.4 Å². The van der Waals surface area contributed by atoms with Crippen LogP contribution in [-0.4, -0.2) is 14.1 Å². The summed E-state index contributed by atoms with van der Waals surface area (Å²) in [5.41, 5.74) is 11.8. The van der Waals surface area contributed by atoms with Crippen LogP contribution in [0.4, 0.5) is 0 Å². The zero-order chi connectivity index (χ0) is 24.3. The third kappa shape index (κ3) is 3.84. The van der Waals surface area contributed by atoms with Crippen molar-refractivity contribution in [2.75, 3.05) is 0 Å². The maximum atomic E-state index is 12.7. The van der Waals surface area contributed by atoms with Crippen LogP contribution >= 0.6 is 0 Å². The molecule has 0 aliphatic rings. The highest BCUT2D eigenvalue weighted by atomic mass is 16.1. The van der Waals surface area contributed by atoms with E-state index in [1.54, 1.807) is 24.0 Å². The van der Waals surface area contributed by atoms with Gasteiger partial charge >= 0.3 is 0 Å². The number of aromatic nitrogens is 3. The Kier molecular flexibility index (Phi) is 6.48. The van der Waals surface area contributed by atoms with Gasteiger partial charge in [-0.15, -0.1) is 0 Å². The van der Waals surface area contributed by atoms with Gasteiger partial charge in [0.15, 0.2) is 0 Å². The molecule has 0 aliphatic carbocycles. The molecular weight excluding hydrogens is 420 g/mol. The molecule has 0 bridgehead atoms. The number of benzene rings is 3. The van der Waals surface area contributed by atoms with Crippen molar-refractivity contribution in [2.24, 2.45) is 19.8 Å². The highest BCUT2D eigenvalue weighted by molar-refractivity contribution is 5.95. The third-order valence-corrected chi connectivity index (χ3v) is 6.24. The second-order valence-electron chi connectivity index (χ2n) is 8.12. The molecular formula is C29H30N4O. The van der Waals surface area contributed by atoms with Crippen LogP contribution in [0.2, 0.25) is 0 Å². The van der Waals surface area contributed by atoms with E-state index in [0.717, 1.165) is 38.9 Å². The zero-order valence-corrected chi connectivity index (χ0v) is 20.1. The summed E-state index contributed by atoms with van der Waals surface area (Å²) < 4.78 is 3.63. The SMILES string of the molecule is CC.Cn1cncc1C(N)(c1ccccc1)c1ccc2c(c1)c(-c1ccccc1)cc(=O)n2C. The van der Waals surface area contributed by atoms with Crippen LogP contribution in [-0.2, 0) is 19.6 Å². The number of aryl methyl sites for hydroxylation is 2. The molecule has 2 aromatic heterocycles. The molecule has 5 aromatic rings. The Morgan fingerprint density at radius 2 is 1.47 bits per heavy atom. The summed E-state index contributed by atoms with van der Waals surface area (Å²) >= 11 is 0. The zero-order valence-electron chi connectivity index (χ0n) is 20.1. The molecule has 1 unspecified atom stereocenters. The quantitative estimate of drug-likeness (QED) is 0.408. The fourth-order valence-corrected chi connectivity index (χ4v) is 4.46. The molecule has 5 heteroatoms. The summed E-state index contributed by atoms with van der Waals surface area (Å²) in [5, 5.41) is 0.976. The standard InChI is InChI=1S/C27H24N4O.C2H6/c1-30-18-29-17-25(30)27(28,20-11-7-4-8-12-20)21-13-14-24-23(15-21)22(16-26(32)31(24)2)19-9-5-3-6-10-19;1-2/h3-18H,28H2,1-2H3;1-2H3. The van der Waals surface area contributed by atoms with Gasteiger partial charge in [-0.05, 0) is 34.4 Å². The molecule has 2 heterocycles. The molecule has 0 aliphatic heterocycles. The first kappa shape index (κ1) is 23.2. The Balaban J connectivity index is 0.00000133. The van der Waals surface area contributed by atoms with Crippen molar-refractivity contribution in [3.05, 3.63) is 125 Å². The molecule has 2 N–H and O–H groups in total. The molecule has 0 spiro atoms. The largest absolute Gasteiger partial charge is 0.336 e. The summed E-state index contributed by atoms with van der Waals surface area (Å²) in [5.74, 6) is 0. The van der Waals surface area contributed by atoms with Gasteiger partial charge in [-0.25, -0.2) is 4.98 Å². The molecule has 172 valence electrons. The molecule has 0 fully saturated rings. The molecule has 1 atom stereocenters. The maximum Gasteiger partial charge on any atom is 0.251 e. The van der Waals surface area contributed by atoms with E-state index in [9.17, 15) is 4.79 Å². The van der Waals surface area contributed by atoms with Gasteiger partial charge in [0.1, 0.15) is 5.54 Å². The summed E-state index contributed by atoms with van der Waals surface area (Å²) in [4.78, 5) is 17.0. The Labute approximate surface area is 200 Å². The molecule has 0 saturated carbocycles. The van der Waals surface area contributed by atoms with E-state index < -0.39 is 5.54 Å². The van der Waals surface area contributed by atoms with Gasteiger partial charge in [0.05, 0.1) is 23.7 Å². The topological polar surface area (TPSA) is 65.8 Å². The Hall–Kier alpha value is -3.96. The first-order chi connectivity index (χ1) is 16.5. The first-order valence-electron chi connectivity index (χ1n) is 11.5. The minimum absolute atomic E-state index is 0.0437. The second-order valence-corrected chi connectivity index (χ2v) is 8.12. The average Bonchev–Trinajstić information content (AvgIpc) is 3.34. The number of nitrogens with two attached hydrogens (primary N) is 1. The molecule has 5 nitrogen and oxygen atoms in total. The predicted octanol–water partition coefficient (Wildman–Crippen LogP) is 5.22. The number of pyridine rings is 1. The lowest BCUT2D eigenvalue weighted by Gasteiger charge is -2.31. The first-order valence-corrected chi connectivity index (χ1v) is 11.5. The third-order valence-electron chi connectivity index (χ3n) is 6.24.